The van der Waals surface area contributed by atoms with Crippen LogP contribution in [-0.2, 0) is 14.3 Å². The quantitative estimate of drug-likeness (QED) is 0.625. The van der Waals surface area contributed by atoms with Crippen molar-refractivity contribution in [3.05, 3.63) is 0 Å². The van der Waals surface area contributed by atoms with Crippen molar-refractivity contribution in [2.45, 2.75) is 18.9 Å². The van der Waals surface area contributed by atoms with Crippen molar-refractivity contribution in [3.63, 3.8) is 0 Å². The molecule has 0 aromatic carbocycles. The summed E-state index contributed by atoms with van der Waals surface area (Å²) in [6.07, 6.45) is 1.89. The van der Waals surface area contributed by atoms with Crippen molar-refractivity contribution in [1.82, 2.24) is 10.2 Å². The maximum absolute atomic E-state index is 11.9. The normalized spacial score (nSPS) is 15.9. The highest BCUT2D eigenvalue weighted by Crippen LogP contribution is 2.29. The Balaban J connectivity index is 2.38. The summed E-state index contributed by atoms with van der Waals surface area (Å²) < 4.78 is 10.1. The topological polar surface area (TPSA) is 88.1 Å². The van der Waals surface area contributed by atoms with Crippen LogP contribution in [0.3, 0.4) is 0 Å². The predicted octanol–water partition coefficient (Wildman–Crippen LogP) is 0.154. The fourth-order valence-corrected chi connectivity index (χ4v) is 1.70. The van der Waals surface area contributed by atoms with Gasteiger partial charge in [-0.2, -0.15) is 0 Å². The lowest BCUT2D eigenvalue weighted by Gasteiger charge is -2.22. The molecule has 7 heteroatoms. The predicted molar refractivity (Wildman–Crippen MR) is 68.0 cm³/mol. The first kappa shape index (κ1) is 15.7. The van der Waals surface area contributed by atoms with Crippen molar-refractivity contribution < 1.29 is 24.2 Å². The molecule has 0 aromatic rings. The van der Waals surface area contributed by atoms with Crippen LogP contribution in [0.5, 0.6) is 0 Å². The number of carbonyl (C=O) groups is 2. The molecule has 1 fully saturated rings. The maximum Gasteiger partial charge on any atom is 0.323 e. The van der Waals surface area contributed by atoms with E-state index < -0.39 is 5.97 Å². The number of methoxy groups -OCH3 is 2. The van der Waals surface area contributed by atoms with Gasteiger partial charge in [-0.1, -0.05) is 0 Å². The minimum absolute atomic E-state index is 0.235. The Labute approximate surface area is 112 Å². The molecule has 2 amide bonds. The number of carboxylic acid groups (broad SMARTS) is 1. The number of hydrogen-bond acceptors (Lipinski definition) is 4. The zero-order chi connectivity index (χ0) is 14.3. The van der Waals surface area contributed by atoms with Crippen LogP contribution in [0, 0.1) is 5.92 Å². The van der Waals surface area contributed by atoms with E-state index in [1.54, 1.807) is 7.11 Å². The fraction of sp³-hybridized carbons (Fsp3) is 0.833. The molecule has 0 spiro atoms. The summed E-state index contributed by atoms with van der Waals surface area (Å²) >= 11 is 0. The van der Waals surface area contributed by atoms with Crippen molar-refractivity contribution >= 4 is 12.0 Å². The molecule has 2 N–H and O–H groups in total. The summed E-state index contributed by atoms with van der Waals surface area (Å²) in [5.41, 5.74) is 0. The van der Waals surface area contributed by atoms with E-state index in [1.165, 1.54) is 12.0 Å². The van der Waals surface area contributed by atoms with Crippen LogP contribution < -0.4 is 5.32 Å². The molecular weight excluding hydrogens is 252 g/mol. The van der Waals surface area contributed by atoms with Crippen LogP contribution in [0.1, 0.15) is 12.8 Å². The zero-order valence-corrected chi connectivity index (χ0v) is 11.4. The largest absolute Gasteiger partial charge is 0.480 e. The highest BCUT2D eigenvalue weighted by atomic mass is 16.5. The Morgan fingerprint density at radius 2 is 2.11 bits per heavy atom. The molecule has 1 unspecified atom stereocenters. The molecule has 1 saturated carbocycles. The standard InChI is InChI=1S/C12H22N2O5/c1-18-8-10(19-2)5-13-12(17)14(7-11(15)16)6-9-3-4-9/h9-10H,3-8H2,1-2H3,(H,13,17)(H,15,16). The number of nitrogens with zero attached hydrogens (tertiary/aromatic N) is 1. The molecule has 19 heavy (non-hydrogen) atoms. The van der Waals surface area contributed by atoms with Gasteiger partial charge in [-0.25, -0.2) is 4.79 Å². The third-order valence-corrected chi connectivity index (χ3v) is 2.96. The van der Waals surface area contributed by atoms with Gasteiger partial charge >= 0.3 is 12.0 Å². The van der Waals surface area contributed by atoms with E-state index in [0.29, 0.717) is 25.6 Å². The fourth-order valence-electron chi connectivity index (χ4n) is 1.70. The Morgan fingerprint density at radius 3 is 2.58 bits per heavy atom. The summed E-state index contributed by atoms with van der Waals surface area (Å²) in [7, 11) is 3.09. The second-order valence-corrected chi connectivity index (χ2v) is 4.72. The van der Waals surface area contributed by atoms with Crippen LogP contribution in [0.2, 0.25) is 0 Å². The molecule has 0 bridgehead atoms. The third-order valence-electron chi connectivity index (χ3n) is 2.96. The number of amides is 2. The number of urea groups is 1. The van der Waals surface area contributed by atoms with E-state index in [4.69, 9.17) is 14.6 Å². The summed E-state index contributed by atoms with van der Waals surface area (Å²) in [5, 5.41) is 11.5. The van der Waals surface area contributed by atoms with Gasteiger partial charge in [0, 0.05) is 27.3 Å². The highest BCUT2D eigenvalue weighted by Gasteiger charge is 2.28. The number of ether oxygens (including phenoxy) is 2. The summed E-state index contributed by atoms with van der Waals surface area (Å²) in [5.74, 6) is -0.557. The SMILES string of the molecule is COCC(CNC(=O)N(CC(=O)O)CC1CC1)OC. The van der Waals surface area contributed by atoms with E-state index in [9.17, 15) is 9.59 Å². The Morgan fingerprint density at radius 1 is 1.42 bits per heavy atom. The average molecular weight is 274 g/mol. The first-order valence-corrected chi connectivity index (χ1v) is 6.33. The molecule has 1 atom stereocenters. The van der Waals surface area contributed by atoms with Crippen LogP contribution in [0.15, 0.2) is 0 Å². The lowest BCUT2D eigenvalue weighted by molar-refractivity contribution is -0.137. The number of carbonyl (C=O) groups excluding carboxylic acids is 1. The van der Waals surface area contributed by atoms with Crippen molar-refractivity contribution in [2.75, 3.05) is 40.5 Å². The summed E-state index contributed by atoms with van der Waals surface area (Å²) in [6, 6.07) is -0.368. The minimum Gasteiger partial charge on any atom is -0.480 e. The monoisotopic (exact) mass is 274 g/mol. The van der Waals surface area contributed by atoms with E-state index in [1.807, 2.05) is 0 Å². The van der Waals surface area contributed by atoms with Gasteiger partial charge in [0.25, 0.3) is 0 Å². The molecular formula is C12H22N2O5. The van der Waals surface area contributed by atoms with Gasteiger partial charge in [0.05, 0.1) is 12.7 Å². The minimum atomic E-state index is -1.00. The molecule has 0 aliphatic heterocycles. The van der Waals surface area contributed by atoms with E-state index in [0.717, 1.165) is 12.8 Å². The Bertz CT molecular complexity index is 306. The van der Waals surface area contributed by atoms with E-state index in [2.05, 4.69) is 5.32 Å². The lowest BCUT2D eigenvalue weighted by atomic mass is 10.3. The van der Waals surface area contributed by atoms with Gasteiger partial charge in [0.2, 0.25) is 0 Å². The summed E-state index contributed by atoms with van der Waals surface area (Å²) in [6.45, 7) is 0.895. The van der Waals surface area contributed by atoms with Gasteiger partial charge in [-0.3, -0.25) is 4.79 Å². The maximum atomic E-state index is 11.9. The first-order valence-electron chi connectivity index (χ1n) is 6.33. The van der Waals surface area contributed by atoms with Crippen molar-refractivity contribution in [1.29, 1.82) is 0 Å². The molecule has 0 aromatic heterocycles. The van der Waals surface area contributed by atoms with Gasteiger partial charge in [-0.05, 0) is 18.8 Å². The van der Waals surface area contributed by atoms with Crippen LogP contribution in [0.25, 0.3) is 0 Å². The number of carboxylic acids is 1. The number of nitrogens with one attached hydrogen (secondary N) is 1. The number of aliphatic carboxylic acids is 1. The van der Waals surface area contributed by atoms with Gasteiger partial charge in [0.15, 0.2) is 0 Å². The molecule has 1 aliphatic carbocycles. The molecule has 0 heterocycles. The second-order valence-electron chi connectivity index (χ2n) is 4.72. The highest BCUT2D eigenvalue weighted by molar-refractivity contribution is 5.80. The van der Waals surface area contributed by atoms with Gasteiger partial charge < -0.3 is 24.8 Å². The van der Waals surface area contributed by atoms with Crippen molar-refractivity contribution in [2.24, 2.45) is 5.92 Å². The second kappa shape index (κ2) is 7.96. The van der Waals surface area contributed by atoms with Crippen LogP contribution >= 0.6 is 0 Å². The molecule has 0 saturated heterocycles. The van der Waals surface area contributed by atoms with E-state index >= 15 is 0 Å². The van der Waals surface area contributed by atoms with Gasteiger partial charge in [0.1, 0.15) is 6.54 Å². The molecule has 1 aliphatic rings. The van der Waals surface area contributed by atoms with Crippen LogP contribution in [-0.4, -0.2) is 68.6 Å². The number of hydrogen-bond donors (Lipinski definition) is 2. The number of rotatable bonds is 9. The summed E-state index contributed by atoms with van der Waals surface area (Å²) in [4.78, 5) is 24.0. The molecule has 110 valence electrons. The van der Waals surface area contributed by atoms with Gasteiger partial charge in [-0.15, -0.1) is 0 Å². The lowest BCUT2D eigenvalue weighted by Crippen LogP contribution is -2.46. The molecule has 1 rings (SSSR count). The third kappa shape index (κ3) is 6.40. The smallest absolute Gasteiger partial charge is 0.323 e. The van der Waals surface area contributed by atoms with Crippen molar-refractivity contribution in [3.8, 4) is 0 Å². The Hall–Kier alpha value is -1.34. The first-order chi connectivity index (χ1) is 9.06. The average Bonchev–Trinajstić information content (AvgIpc) is 3.16. The molecule has 7 nitrogen and oxygen atoms in total. The van der Waals surface area contributed by atoms with E-state index in [-0.39, 0.29) is 18.7 Å². The zero-order valence-electron chi connectivity index (χ0n) is 11.4. The Kier molecular flexibility index (Phi) is 6.58. The van der Waals surface area contributed by atoms with Crippen LogP contribution in [0.4, 0.5) is 4.79 Å². The molecule has 0 radical (unpaired) electrons.